The maximum Gasteiger partial charge on any atom is 0.260 e. The number of rotatable bonds is 6. The van der Waals surface area contributed by atoms with Crippen molar-refractivity contribution >= 4 is 44.9 Å². The predicted molar refractivity (Wildman–Crippen MR) is 114 cm³/mol. The molecule has 0 atom stereocenters. The number of nitrogens with two attached hydrogens (primary N) is 1. The number of nitrogens with zero attached hydrogens (tertiary/aromatic N) is 5. The molecule has 1 amide bonds. The highest BCUT2D eigenvalue weighted by Crippen LogP contribution is 2.26. The van der Waals surface area contributed by atoms with E-state index in [-0.39, 0.29) is 24.0 Å². The number of fused-ring (bicyclic) bond motifs is 1. The molecule has 2 heterocycles. The number of aromatic nitrogens is 4. The van der Waals surface area contributed by atoms with Crippen molar-refractivity contribution in [2.75, 3.05) is 12.8 Å². The third-order valence-corrected chi connectivity index (χ3v) is 4.76. The topological polar surface area (TPSA) is 133 Å². The van der Waals surface area contributed by atoms with Gasteiger partial charge in [0, 0.05) is 10.0 Å². The van der Waals surface area contributed by atoms with Crippen molar-refractivity contribution in [3.63, 3.8) is 0 Å². The second-order valence-electron chi connectivity index (χ2n) is 6.19. The Morgan fingerprint density at radius 2 is 2.17 bits per heavy atom. The van der Waals surface area contributed by atoms with E-state index in [4.69, 9.17) is 10.5 Å². The van der Waals surface area contributed by atoms with Crippen LogP contribution in [0.15, 0.2) is 56.7 Å². The molecule has 0 saturated carbocycles. The molecule has 4 aromatic rings. The Morgan fingerprint density at radius 1 is 1.33 bits per heavy atom. The monoisotopic (exact) mass is 469 g/mol. The molecule has 11 heteroatoms. The molecule has 0 saturated heterocycles. The molecule has 0 spiro atoms. The van der Waals surface area contributed by atoms with Gasteiger partial charge in [0.15, 0.2) is 17.3 Å². The van der Waals surface area contributed by atoms with Crippen LogP contribution in [0.4, 0.5) is 5.82 Å². The number of para-hydroxylation sites is 2. The number of methoxy groups -OCH3 is 1. The molecule has 0 aliphatic heterocycles. The van der Waals surface area contributed by atoms with Gasteiger partial charge in [-0.05, 0) is 40.6 Å². The van der Waals surface area contributed by atoms with Crippen molar-refractivity contribution in [3.05, 3.63) is 52.5 Å². The van der Waals surface area contributed by atoms with E-state index in [9.17, 15) is 4.79 Å². The molecule has 0 fully saturated rings. The number of hydrazone groups is 1. The number of hydrogen-bond acceptors (Lipinski definition) is 8. The zero-order valence-electron chi connectivity index (χ0n) is 15.7. The quantitative estimate of drug-likeness (QED) is 0.327. The zero-order chi connectivity index (χ0) is 21.1. The lowest BCUT2D eigenvalue weighted by molar-refractivity contribution is -0.121. The van der Waals surface area contributed by atoms with Gasteiger partial charge in [0.25, 0.3) is 5.91 Å². The summed E-state index contributed by atoms with van der Waals surface area (Å²) in [6, 6.07) is 12.9. The summed E-state index contributed by atoms with van der Waals surface area (Å²) in [4.78, 5) is 17.1. The molecular formula is C19H16BrN7O3. The van der Waals surface area contributed by atoms with Crippen molar-refractivity contribution in [2.45, 2.75) is 6.54 Å². The standard InChI is InChI=1S/C19H16BrN7O3/c1-29-15-7-6-12(20)8-11(15)9-22-24-16(28)10-27-14-5-3-2-4-13(14)23-19(27)17-18(21)26-30-25-17/h2-9H,10H2,1H3,(H2,21,26)(H,24,28). The van der Waals surface area contributed by atoms with Crippen LogP contribution in [0, 0.1) is 0 Å². The van der Waals surface area contributed by atoms with Crippen LogP contribution >= 0.6 is 15.9 Å². The van der Waals surface area contributed by atoms with Gasteiger partial charge in [0.1, 0.15) is 12.3 Å². The molecule has 0 aliphatic carbocycles. The van der Waals surface area contributed by atoms with Gasteiger partial charge in [-0.15, -0.1) is 0 Å². The Kier molecular flexibility index (Phi) is 5.44. The Morgan fingerprint density at radius 3 is 2.93 bits per heavy atom. The molecule has 4 rings (SSSR count). The minimum atomic E-state index is -0.361. The van der Waals surface area contributed by atoms with Gasteiger partial charge in [-0.3, -0.25) is 4.79 Å². The Labute approximate surface area is 178 Å². The summed E-state index contributed by atoms with van der Waals surface area (Å²) in [6.07, 6.45) is 1.51. The van der Waals surface area contributed by atoms with Crippen LogP contribution in [0.2, 0.25) is 0 Å². The normalized spacial score (nSPS) is 11.3. The van der Waals surface area contributed by atoms with Crippen molar-refractivity contribution in [3.8, 4) is 17.3 Å². The van der Waals surface area contributed by atoms with E-state index in [0.717, 1.165) is 9.99 Å². The van der Waals surface area contributed by atoms with Crippen molar-refractivity contribution < 1.29 is 14.2 Å². The largest absolute Gasteiger partial charge is 0.496 e. The molecular weight excluding hydrogens is 454 g/mol. The fraction of sp³-hybridized carbons (Fsp3) is 0.105. The number of ether oxygens (including phenoxy) is 1. The molecule has 2 aromatic heterocycles. The van der Waals surface area contributed by atoms with Crippen LogP contribution < -0.4 is 15.9 Å². The maximum atomic E-state index is 12.6. The third-order valence-electron chi connectivity index (χ3n) is 4.27. The SMILES string of the molecule is COc1ccc(Br)cc1C=NNC(=O)Cn1c(-c2nonc2N)nc2ccccc21. The molecule has 152 valence electrons. The van der Waals surface area contributed by atoms with Gasteiger partial charge >= 0.3 is 0 Å². The van der Waals surface area contributed by atoms with Crippen molar-refractivity contribution in [1.29, 1.82) is 0 Å². The zero-order valence-corrected chi connectivity index (χ0v) is 17.3. The van der Waals surface area contributed by atoms with Crippen molar-refractivity contribution in [2.24, 2.45) is 5.10 Å². The van der Waals surface area contributed by atoms with Crippen LogP contribution in [0.1, 0.15) is 5.56 Å². The minimum Gasteiger partial charge on any atom is -0.496 e. The van der Waals surface area contributed by atoms with E-state index in [1.165, 1.54) is 6.21 Å². The summed E-state index contributed by atoms with van der Waals surface area (Å²) in [5.74, 6) is 0.738. The number of benzene rings is 2. The number of nitrogens with one attached hydrogen (secondary N) is 1. The number of hydrogen-bond donors (Lipinski definition) is 2. The molecule has 0 bridgehead atoms. The van der Waals surface area contributed by atoms with E-state index < -0.39 is 0 Å². The van der Waals surface area contributed by atoms with Crippen LogP contribution in [0.25, 0.3) is 22.6 Å². The number of anilines is 1. The summed E-state index contributed by atoms with van der Waals surface area (Å²) in [7, 11) is 1.56. The van der Waals surface area contributed by atoms with E-state index in [2.05, 4.69) is 46.4 Å². The van der Waals surface area contributed by atoms with Gasteiger partial charge in [0.2, 0.25) is 0 Å². The van der Waals surface area contributed by atoms with Gasteiger partial charge in [-0.25, -0.2) is 15.0 Å². The summed E-state index contributed by atoms with van der Waals surface area (Å²) in [5.41, 5.74) is 10.7. The molecule has 2 aromatic carbocycles. The second-order valence-corrected chi connectivity index (χ2v) is 7.10. The lowest BCUT2D eigenvalue weighted by atomic mass is 10.2. The highest BCUT2D eigenvalue weighted by atomic mass is 79.9. The van der Waals surface area contributed by atoms with Gasteiger partial charge < -0.3 is 15.0 Å². The Balaban J connectivity index is 1.58. The van der Waals surface area contributed by atoms with E-state index >= 15 is 0 Å². The number of nitrogen functional groups attached to an aromatic ring is 1. The summed E-state index contributed by atoms with van der Waals surface area (Å²) in [6.45, 7) is -0.0604. The second kappa shape index (κ2) is 8.33. The molecule has 10 nitrogen and oxygen atoms in total. The smallest absolute Gasteiger partial charge is 0.260 e. The van der Waals surface area contributed by atoms with Crippen LogP contribution in [-0.2, 0) is 11.3 Å². The van der Waals surface area contributed by atoms with E-state index in [1.807, 2.05) is 36.4 Å². The molecule has 0 aliphatic rings. The van der Waals surface area contributed by atoms with Crippen LogP contribution in [-0.4, -0.2) is 39.1 Å². The lowest BCUT2D eigenvalue weighted by Gasteiger charge is -2.07. The number of carbonyl (C=O) groups is 1. The first-order valence-corrected chi connectivity index (χ1v) is 9.55. The fourth-order valence-electron chi connectivity index (χ4n) is 2.93. The Bertz CT molecular complexity index is 1250. The van der Waals surface area contributed by atoms with Crippen LogP contribution in [0.5, 0.6) is 5.75 Å². The number of carbonyl (C=O) groups excluding carboxylic acids is 1. The van der Waals surface area contributed by atoms with Crippen molar-refractivity contribution in [1.82, 2.24) is 25.3 Å². The van der Waals surface area contributed by atoms with Gasteiger partial charge in [0.05, 0.1) is 24.4 Å². The number of amides is 1. The minimum absolute atomic E-state index is 0.0604. The molecule has 0 radical (unpaired) electrons. The molecule has 0 unspecified atom stereocenters. The lowest BCUT2D eigenvalue weighted by Crippen LogP contribution is -2.23. The number of halogens is 1. The molecule has 30 heavy (non-hydrogen) atoms. The van der Waals surface area contributed by atoms with E-state index in [1.54, 1.807) is 17.7 Å². The summed E-state index contributed by atoms with van der Waals surface area (Å²) in [5, 5.41) is 11.4. The first kappa shape index (κ1) is 19.6. The summed E-state index contributed by atoms with van der Waals surface area (Å²) >= 11 is 3.40. The molecule has 3 N–H and O–H groups in total. The summed E-state index contributed by atoms with van der Waals surface area (Å²) < 4.78 is 12.5. The average Bonchev–Trinajstić information content (AvgIpc) is 3.31. The van der Waals surface area contributed by atoms with Gasteiger partial charge in [-0.1, -0.05) is 28.1 Å². The highest BCUT2D eigenvalue weighted by Gasteiger charge is 2.20. The highest BCUT2D eigenvalue weighted by molar-refractivity contribution is 9.10. The van der Waals surface area contributed by atoms with E-state index in [0.29, 0.717) is 22.7 Å². The number of imidazole rings is 1. The fourth-order valence-corrected chi connectivity index (χ4v) is 3.30. The average molecular weight is 470 g/mol. The van der Waals surface area contributed by atoms with Crippen LogP contribution in [0.3, 0.4) is 0 Å². The predicted octanol–water partition coefficient (Wildman–Crippen LogP) is 2.59. The maximum absolute atomic E-state index is 12.6. The third kappa shape index (κ3) is 3.87. The Hall–Kier alpha value is -3.73. The first-order valence-electron chi connectivity index (χ1n) is 8.76. The van der Waals surface area contributed by atoms with Gasteiger partial charge in [-0.2, -0.15) is 5.10 Å². The first-order chi connectivity index (χ1) is 14.6.